The number of nitrogens with zero attached hydrogens (tertiary/aromatic N) is 5. The molecule has 0 saturated carbocycles. The number of benzene rings is 3. The molecule has 0 radical (unpaired) electrons. The van der Waals surface area contributed by atoms with Gasteiger partial charge in [-0.3, -0.25) is 9.58 Å². The molecule has 3 aromatic carbocycles. The average molecular weight is 686 g/mol. The normalized spacial score (nSPS) is 19.1. The van der Waals surface area contributed by atoms with Gasteiger partial charge < -0.3 is 14.7 Å². The van der Waals surface area contributed by atoms with Crippen molar-refractivity contribution < 1.29 is 14.6 Å². The van der Waals surface area contributed by atoms with E-state index in [1.54, 1.807) is 11.3 Å². The third-order valence-corrected chi connectivity index (χ3v) is 11.3. The lowest BCUT2D eigenvalue weighted by molar-refractivity contribution is -0.160. The Balaban J connectivity index is 1.30. The second-order valence-electron chi connectivity index (χ2n) is 14.6. The minimum atomic E-state index is -1.15. The van der Waals surface area contributed by atoms with Crippen LogP contribution in [0.15, 0.2) is 48.5 Å². The third-order valence-electron chi connectivity index (χ3n) is 9.94. The number of rotatable bonds is 7. The van der Waals surface area contributed by atoms with Gasteiger partial charge >= 0.3 is 5.97 Å². The van der Waals surface area contributed by atoms with Crippen LogP contribution in [0.2, 0.25) is 5.02 Å². The van der Waals surface area contributed by atoms with Gasteiger partial charge in [0.1, 0.15) is 5.01 Å². The van der Waals surface area contributed by atoms with Crippen molar-refractivity contribution in [1.29, 1.82) is 0 Å². The number of aromatic nitrogens is 3. The first-order chi connectivity index (χ1) is 22.9. The maximum Gasteiger partial charge on any atom is 0.337 e. The van der Waals surface area contributed by atoms with Gasteiger partial charge in [0.25, 0.3) is 0 Å². The highest BCUT2D eigenvalue weighted by atomic mass is 35.5. The monoisotopic (exact) mass is 685 g/mol. The van der Waals surface area contributed by atoms with Crippen LogP contribution in [0, 0.1) is 6.92 Å². The van der Waals surface area contributed by atoms with Crippen molar-refractivity contribution in [3.05, 3.63) is 70.4 Å². The summed E-state index contributed by atoms with van der Waals surface area (Å²) in [5.74, 6) is -0.601. The predicted molar refractivity (Wildman–Crippen MR) is 195 cm³/mol. The number of piperidine rings is 1. The Kier molecular flexibility index (Phi) is 8.87. The molecule has 0 amide bonds. The molecule has 0 aliphatic carbocycles. The van der Waals surface area contributed by atoms with Crippen LogP contribution in [0.1, 0.15) is 68.9 Å². The van der Waals surface area contributed by atoms with Crippen molar-refractivity contribution in [2.75, 3.05) is 33.2 Å². The van der Waals surface area contributed by atoms with Gasteiger partial charge in [0, 0.05) is 52.7 Å². The van der Waals surface area contributed by atoms with E-state index in [0.717, 1.165) is 68.9 Å². The van der Waals surface area contributed by atoms with E-state index in [-0.39, 0.29) is 0 Å². The Bertz CT molecular complexity index is 1990. The van der Waals surface area contributed by atoms with E-state index in [2.05, 4.69) is 35.0 Å². The van der Waals surface area contributed by atoms with Crippen LogP contribution >= 0.6 is 22.9 Å². The number of carbonyl (C=O) groups is 1. The zero-order valence-electron chi connectivity index (χ0n) is 28.6. The van der Waals surface area contributed by atoms with Crippen LogP contribution in [0.4, 0.5) is 0 Å². The number of aryl methyl sites for hydroxylation is 2. The van der Waals surface area contributed by atoms with E-state index in [0.29, 0.717) is 22.5 Å². The molecule has 8 nitrogen and oxygen atoms in total. The van der Waals surface area contributed by atoms with Gasteiger partial charge in [-0.1, -0.05) is 23.7 Å². The largest absolute Gasteiger partial charge is 0.479 e. The van der Waals surface area contributed by atoms with Crippen LogP contribution in [-0.4, -0.2) is 80.5 Å². The van der Waals surface area contributed by atoms with Gasteiger partial charge in [0.2, 0.25) is 0 Å². The highest BCUT2D eigenvalue weighted by molar-refractivity contribution is 7.22. The first-order valence-corrected chi connectivity index (χ1v) is 18.1. The van der Waals surface area contributed by atoms with Gasteiger partial charge in [-0.05, 0) is 121 Å². The third kappa shape index (κ3) is 6.39. The van der Waals surface area contributed by atoms with Crippen LogP contribution in [-0.2, 0) is 16.6 Å². The number of likely N-dealkylation sites (N-methyl/N-ethyl adjacent to an activating group) is 1. The number of carboxylic acids is 1. The van der Waals surface area contributed by atoms with Crippen LogP contribution in [0.3, 0.4) is 0 Å². The maximum atomic E-state index is 12.7. The van der Waals surface area contributed by atoms with Gasteiger partial charge in [0.15, 0.2) is 6.10 Å². The van der Waals surface area contributed by atoms with Crippen molar-refractivity contribution >= 4 is 50.0 Å². The topological polar surface area (TPSA) is 83.7 Å². The lowest BCUT2D eigenvalue weighted by Gasteiger charge is -2.35. The summed E-state index contributed by atoms with van der Waals surface area (Å²) in [6.45, 7) is 12.2. The first kappa shape index (κ1) is 33.2. The van der Waals surface area contributed by atoms with Crippen molar-refractivity contribution in [1.82, 2.24) is 24.6 Å². The molecule has 1 N–H and O–H groups in total. The van der Waals surface area contributed by atoms with Gasteiger partial charge in [-0.2, -0.15) is 5.10 Å². The van der Waals surface area contributed by atoms with E-state index in [1.165, 1.54) is 30.6 Å². The van der Waals surface area contributed by atoms with Crippen LogP contribution in [0.25, 0.3) is 42.8 Å². The second-order valence-corrected chi connectivity index (χ2v) is 16.0. The Morgan fingerprint density at radius 1 is 1.02 bits per heavy atom. The lowest BCUT2D eigenvalue weighted by atomic mass is 9.90. The molecule has 2 aliphatic heterocycles. The Morgan fingerprint density at radius 3 is 2.38 bits per heavy atom. The molecule has 5 aromatic rings. The summed E-state index contributed by atoms with van der Waals surface area (Å²) in [5, 5.41) is 18.2. The molecule has 252 valence electrons. The summed E-state index contributed by atoms with van der Waals surface area (Å²) in [6, 6.07) is 16.8. The number of halogens is 1. The number of thiazole rings is 1. The van der Waals surface area contributed by atoms with E-state index < -0.39 is 17.7 Å². The lowest BCUT2D eigenvalue weighted by Crippen LogP contribution is -2.42. The van der Waals surface area contributed by atoms with Crippen LogP contribution in [0.5, 0.6) is 0 Å². The van der Waals surface area contributed by atoms with E-state index in [1.807, 2.05) is 69.8 Å². The van der Waals surface area contributed by atoms with E-state index in [9.17, 15) is 9.90 Å². The number of aliphatic carboxylic acids is 1. The Morgan fingerprint density at radius 2 is 1.73 bits per heavy atom. The quantitative estimate of drug-likeness (QED) is 0.185. The number of likely N-dealkylation sites (tertiary alicyclic amines) is 2. The van der Waals surface area contributed by atoms with Gasteiger partial charge in [-0.25, -0.2) is 9.78 Å². The summed E-state index contributed by atoms with van der Waals surface area (Å²) in [5.41, 5.74) is 6.67. The van der Waals surface area contributed by atoms with E-state index >= 15 is 0 Å². The molecule has 2 saturated heterocycles. The Hall–Kier alpha value is -3.34. The summed E-state index contributed by atoms with van der Waals surface area (Å²) in [4.78, 5) is 23.0. The summed E-state index contributed by atoms with van der Waals surface area (Å²) >= 11 is 7.88. The maximum absolute atomic E-state index is 12.7. The zero-order valence-corrected chi connectivity index (χ0v) is 30.2. The minimum absolute atomic E-state index is 0.423. The zero-order chi connectivity index (χ0) is 33.9. The smallest absolute Gasteiger partial charge is 0.337 e. The van der Waals surface area contributed by atoms with Crippen molar-refractivity contribution in [3.8, 4) is 21.7 Å². The molecule has 2 fully saturated rings. The molecule has 7 rings (SSSR count). The molecule has 2 aromatic heterocycles. The number of hydrogen-bond acceptors (Lipinski definition) is 7. The summed E-state index contributed by atoms with van der Waals surface area (Å²) in [6.07, 6.45) is 2.35. The molecule has 0 unspecified atom stereocenters. The molecule has 2 atom stereocenters. The molecule has 4 heterocycles. The highest BCUT2D eigenvalue weighted by Crippen LogP contribution is 2.45. The SMILES string of the molecule is Cc1cc2nc(-c3ccc4c(c3)c(C3CCN([C@H]5CCN(C)C5)CC3)nn4C)sc2c(-c2ccc(Cl)cc2)c1[C@H](OC(C)(C)C)C(=O)O. The fraction of sp³-hybridized carbons (Fsp3) is 0.447. The second kappa shape index (κ2) is 12.8. The minimum Gasteiger partial charge on any atom is -0.479 e. The van der Waals surface area contributed by atoms with Crippen LogP contribution < -0.4 is 0 Å². The highest BCUT2D eigenvalue weighted by Gasteiger charge is 2.33. The van der Waals surface area contributed by atoms with Gasteiger partial charge in [0.05, 0.1) is 27.0 Å². The summed E-state index contributed by atoms with van der Waals surface area (Å²) < 4.78 is 9.14. The molecular weight excluding hydrogens is 642 g/mol. The number of fused-ring (bicyclic) bond motifs is 2. The molecule has 10 heteroatoms. The van der Waals surface area contributed by atoms with E-state index in [4.69, 9.17) is 26.4 Å². The van der Waals surface area contributed by atoms with Crippen molar-refractivity contribution in [2.24, 2.45) is 7.05 Å². The Labute approximate surface area is 291 Å². The predicted octanol–water partition coefficient (Wildman–Crippen LogP) is 8.30. The molecular formula is C38H44ClN5O3S. The molecule has 0 bridgehead atoms. The average Bonchev–Trinajstić information content (AvgIpc) is 3.76. The molecule has 0 spiro atoms. The van der Waals surface area contributed by atoms with Gasteiger partial charge in [-0.15, -0.1) is 11.3 Å². The number of hydrogen-bond donors (Lipinski definition) is 1. The standard InChI is InChI=1S/C38H44ClN5O3S/c1-22-19-29-35(32(23-7-10-26(39)11-8-23)31(22)34(37(45)46)47-38(2,3)4)48-36(40-29)25-9-12-30-28(20-25)33(41-43(30)6)24-13-17-44(18-14-24)27-15-16-42(5)21-27/h7-12,19-20,24,27,34H,13-18,21H2,1-6H3,(H,45,46)/t27-,34-/m0/s1. The fourth-order valence-corrected chi connectivity index (χ4v) is 8.88. The summed E-state index contributed by atoms with van der Waals surface area (Å²) in [7, 11) is 4.26. The number of ether oxygens (including phenoxy) is 1. The molecule has 48 heavy (non-hydrogen) atoms. The molecule has 2 aliphatic rings. The number of carboxylic acid groups (broad SMARTS) is 1. The van der Waals surface area contributed by atoms with Crippen molar-refractivity contribution in [3.63, 3.8) is 0 Å². The fourth-order valence-electron chi connectivity index (χ4n) is 7.64. The first-order valence-electron chi connectivity index (χ1n) is 16.9. The van der Waals surface area contributed by atoms with Crippen molar-refractivity contribution in [2.45, 2.75) is 70.6 Å².